The summed E-state index contributed by atoms with van der Waals surface area (Å²) in [4.78, 5) is 16.0. The SMILES string of the molecule is OCCCn1cc(CN2CCc3nc(-c4cccnc4)ncc3C2)c2ccccc21. The van der Waals surface area contributed by atoms with E-state index in [0.717, 1.165) is 56.1 Å². The molecule has 6 heteroatoms. The molecule has 0 amide bonds. The molecule has 0 saturated carbocycles. The third-order valence-corrected chi connectivity index (χ3v) is 5.75. The number of benzene rings is 1. The van der Waals surface area contributed by atoms with Crippen LogP contribution < -0.4 is 0 Å². The van der Waals surface area contributed by atoms with E-state index < -0.39 is 0 Å². The molecule has 6 nitrogen and oxygen atoms in total. The number of aryl methyl sites for hydroxylation is 1. The van der Waals surface area contributed by atoms with Gasteiger partial charge < -0.3 is 9.67 Å². The fraction of sp³-hybridized carbons (Fsp3) is 0.292. The van der Waals surface area contributed by atoms with Crippen molar-refractivity contribution in [1.82, 2.24) is 24.4 Å². The number of hydrogen-bond donors (Lipinski definition) is 1. The first-order valence-corrected chi connectivity index (χ1v) is 10.5. The standard InChI is InChI=1S/C24H25N5O/c30-12-4-10-29-17-20(21-6-1-2-7-23(21)29)16-28-11-8-22-19(15-28)14-26-24(27-22)18-5-3-9-25-13-18/h1-3,5-7,9,13-14,17,30H,4,8,10-12,15-16H2. The van der Waals surface area contributed by atoms with Gasteiger partial charge in [0.05, 0.1) is 5.69 Å². The minimum atomic E-state index is 0.214. The van der Waals surface area contributed by atoms with E-state index >= 15 is 0 Å². The summed E-state index contributed by atoms with van der Waals surface area (Å²) in [7, 11) is 0. The third-order valence-electron chi connectivity index (χ3n) is 5.75. The summed E-state index contributed by atoms with van der Waals surface area (Å²) in [5.41, 5.74) is 5.88. The molecule has 4 heterocycles. The highest BCUT2D eigenvalue weighted by molar-refractivity contribution is 5.83. The highest BCUT2D eigenvalue weighted by Gasteiger charge is 2.20. The zero-order valence-corrected chi connectivity index (χ0v) is 16.9. The van der Waals surface area contributed by atoms with Crippen LogP contribution in [0.25, 0.3) is 22.3 Å². The number of nitrogens with zero attached hydrogens (tertiary/aromatic N) is 5. The summed E-state index contributed by atoms with van der Waals surface area (Å²) in [5.74, 6) is 0.752. The maximum Gasteiger partial charge on any atom is 0.160 e. The molecule has 0 spiro atoms. The Morgan fingerprint density at radius 3 is 2.87 bits per heavy atom. The van der Waals surface area contributed by atoms with E-state index in [1.807, 2.05) is 24.5 Å². The Hall–Kier alpha value is -3.09. The van der Waals surface area contributed by atoms with E-state index in [1.165, 1.54) is 22.0 Å². The van der Waals surface area contributed by atoms with Crippen LogP contribution in [-0.4, -0.2) is 42.7 Å². The summed E-state index contributed by atoms with van der Waals surface area (Å²) in [6.45, 7) is 3.79. The average molecular weight is 399 g/mol. The first-order valence-electron chi connectivity index (χ1n) is 10.5. The maximum atomic E-state index is 9.22. The molecule has 152 valence electrons. The first-order chi connectivity index (χ1) is 14.8. The topological polar surface area (TPSA) is 67.1 Å². The summed E-state index contributed by atoms with van der Waals surface area (Å²) in [5, 5.41) is 10.5. The van der Waals surface area contributed by atoms with Crippen molar-refractivity contribution < 1.29 is 5.11 Å². The highest BCUT2D eigenvalue weighted by Crippen LogP contribution is 2.26. The van der Waals surface area contributed by atoms with Gasteiger partial charge in [0.25, 0.3) is 0 Å². The van der Waals surface area contributed by atoms with Gasteiger partial charge >= 0.3 is 0 Å². The summed E-state index contributed by atoms with van der Waals surface area (Å²) in [6, 6.07) is 12.4. The van der Waals surface area contributed by atoms with Crippen molar-refractivity contribution >= 4 is 10.9 Å². The van der Waals surface area contributed by atoms with Crippen molar-refractivity contribution in [2.24, 2.45) is 0 Å². The van der Waals surface area contributed by atoms with Crippen molar-refractivity contribution in [1.29, 1.82) is 0 Å². The van der Waals surface area contributed by atoms with Crippen LogP contribution >= 0.6 is 0 Å². The second kappa shape index (κ2) is 8.34. The second-order valence-electron chi connectivity index (χ2n) is 7.81. The minimum absolute atomic E-state index is 0.214. The van der Waals surface area contributed by atoms with Gasteiger partial charge in [-0.3, -0.25) is 9.88 Å². The number of para-hydroxylation sites is 1. The fourth-order valence-electron chi connectivity index (χ4n) is 4.26. The van der Waals surface area contributed by atoms with Gasteiger partial charge in [-0.25, -0.2) is 9.97 Å². The zero-order chi connectivity index (χ0) is 20.3. The molecule has 0 aliphatic carbocycles. The summed E-state index contributed by atoms with van der Waals surface area (Å²) < 4.78 is 2.27. The molecule has 30 heavy (non-hydrogen) atoms. The quantitative estimate of drug-likeness (QED) is 0.538. The van der Waals surface area contributed by atoms with Crippen LogP contribution in [0.2, 0.25) is 0 Å². The molecule has 0 saturated heterocycles. The van der Waals surface area contributed by atoms with E-state index in [2.05, 4.69) is 49.9 Å². The van der Waals surface area contributed by atoms with Crippen LogP contribution in [-0.2, 0) is 26.1 Å². The number of aromatic nitrogens is 4. The number of hydrogen-bond acceptors (Lipinski definition) is 5. The van der Waals surface area contributed by atoms with Gasteiger partial charge in [-0.15, -0.1) is 0 Å². The largest absolute Gasteiger partial charge is 0.396 e. The Morgan fingerprint density at radius 1 is 1.07 bits per heavy atom. The number of pyridine rings is 1. The molecule has 1 aliphatic rings. The maximum absolute atomic E-state index is 9.22. The summed E-state index contributed by atoms with van der Waals surface area (Å²) >= 11 is 0. The normalized spacial score (nSPS) is 14.2. The van der Waals surface area contributed by atoms with Crippen LogP contribution in [0.5, 0.6) is 0 Å². The Morgan fingerprint density at radius 2 is 2.00 bits per heavy atom. The monoisotopic (exact) mass is 399 g/mol. The molecule has 1 aromatic carbocycles. The molecule has 0 unspecified atom stereocenters. The Labute approximate surface area is 175 Å². The molecule has 1 N–H and O–H groups in total. The van der Waals surface area contributed by atoms with Crippen molar-refractivity contribution in [2.45, 2.75) is 32.5 Å². The van der Waals surface area contributed by atoms with Gasteiger partial charge in [0, 0.05) is 86.0 Å². The fourth-order valence-corrected chi connectivity index (χ4v) is 4.26. The van der Waals surface area contributed by atoms with E-state index in [4.69, 9.17) is 4.98 Å². The van der Waals surface area contributed by atoms with Gasteiger partial charge in [-0.2, -0.15) is 0 Å². The van der Waals surface area contributed by atoms with Crippen LogP contribution in [0.1, 0.15) is 23.2 Å². The molecule has 0 fully saturated rings. The lowest BCUT2D eigenvalue weighted by Crippen LogP contribution is -2.30. The average Bonchev–Trinajstić information content (AvgIpc) is 3.15. The van der Waals surface area contributed by atoms with E-state index in [-0.39, 0.29) is 6.61 Å². The molecule has 1 aliphatic heterocycles. The van der Waals surface area contributed by atoms with Gasteiger partial charge in [-0.05, 0) is 30.2 Å². The van der Waals surface area contributed by atoms with Gasteiger partial charge in [0.2, 0.25) is 0 Å². The number of rotatable bonds is 6. The molecule has 3 aromatic heterocycles. The predicted octanol–water partition coefficient (Wildman–Crippen LogP) is 3.43. The van der Waals surface area contributed by atoms with Crippen LogP contribution in [0.4, 0.5) is 0 Å². The van der Waals surface area contributed by atoms with E-state index in [1.54, 1.807) is 6.20 Å². The minimum Gasteiger partial charge on any atom is -0.396 e. The predicted molar refractivity (Wildman–Crippen MR) is 117 cm³/mol. The molecule has 4 aromatic rings. The number of fused-ring (bicyclic) bond motifs is 2. The second-order valence-corrected chi connectivity index (χ2v) is 7.81. The lowest BCUT2D eigenvalue weighted by Gasteiger charge is -2.27. The lowest BCUT2D eigenvalue weighted by molar-refractivity contribution is 0.243. The van der Waals surface area contributed by atoms with Gasteiger partial charge in [0.15, 0.2) is 5.82 Å². The highest BCUT2D eigenvalue weighted by atomic mass is 16.3. The van der Waals surface area contributed by atoms with Crippen molar-refractivity contribution in [3.63, 3.8) is 0 Å². The third kappa shape index (κ3) is 3.72. The number of aliphatic hydroxyl groups excluding tert-OH is 1. The van der Waals surface area contributed by atoms with E-state index in [0.29, 0.717) is 0 Å². The van der Waals surface area contributed by atoms with Gasteiger partial charge in [-0.1, -0.05) is 18.2 Å². The lowest BCUT2D eigenvalue weighted by atomic mass is 10.1. The zero-order valence-electron chi connectivity index (χ0n) is 16.9. The molecule has 0 bridgehead atoms. The van der Waals surface area contributed by atoms with Crippen molar-refractivity contribution in [3.8, 4) is 11.4 Å². The molecule has 0 radical (unpaired) electrons. The smallest absolute Gasteiger partial charge is 0.160 e. The van der Waals surface area contributed by atoms with Crippen LogP contribution in [0, 0.1) is 0 Å². The van der Waals surface area contributed by atoms with E-state index in [9.17, 15) is 5.11 Å². The molecular weight excluding hydrogens is 374 g/mol. The molecule has 0 atom stereocenters. The van der Waals surface area contributed by atoms with Crippen LogP contribution in [0.3, 0.4) is 0 Å². The van der Waals surface area contributed by atoms with Crippen LogP contribution in [0.15, 0.2) is 61.2 Å². The Kier molecular flexibility index (Phi) is 5.26. The molecule has 5 rings (SSSR count). The molecular formula is C24H25N5O. The van der Waals surface area contributed by atoms with Crippen molar-refractivity contribution in [2.75, 3.05) is 13.2 Å². The van der Waals surface area contributed by atoms with Gasteiger partial charge in [0.1, 0.15) is 0 Å². The summed E-state index contributed by atoms with van der Waals surface area (Å²) in [6.07, 6.45) is 9.49. The Balaban J connectivity index is 1.36. The first kappa shape index (κ1) is 18.9. The number of aliphatic hydroxyl groups is 1. The van der Waals surface area contributed by atoms with Crippen molar-refractivity contribution in [3.05, 3.63) is 78.0 Å². The Bertz CT molecular complexity index is 1150.